The highest BCUT2D eigenvalue weighted by molar-refractivity contribution is 6.78. The molecule has 1 aromatic heterocycles. The van der Waals surface area contributed by atoms with Gasteiger partial charge in [-0.05, 0) is 77.7 Å². The number of nitrogens with zero attached hydrogens (tertiary/aromatic N) is 2. The van der Waals surface area contributed by atoms with E-state index in [0.717, 1.165) is 41.7 Å². The number of benzene rings is 1. The predicted molar refractivity (Wildman–Crippen MR) is 140 cm³/mol. The molecule has 3 aliphatic rings. The van der Waals surface area contributed by atoms with Crippen LogP contribution >= 0.6 is 0 Å². The van der Waals surface area contributed by atoms with Gasteiger partial charge in [0.15, 0.2) is 0 Å². The number of pyridine rings is 1. The van der Waals surface area contributed by atoms with Crippen LogP contribution in [0.15, 0.2) is 43.1 Å². The first-order chi connectivity index (χ1) is 15.7. The molecule has 5 heteroatoms. The summed E-state index contributed by atoms with van der Waals surface area (Å²) in [6.45, 7) is 20.0. The maximum atomic E-state index is 11.6. The van der Waals surface area contributed by atoms with Gasteiger partial charge < -0.3 is 9.53 Å². The SMILES string of the molecule is C=C[C@H]1C[N@]2CC[C@H]1C[C@@H]2C(O)c1ccnc2ccc(O[Si](C(C)C)(C(C)C)C(C)C)cc12. The maximum Gasteiger partial charge on any atom is 0.258 e. The van der Waals surface area contributed by atoms with Crippen LogP contribution < -0.4 is 4.43 Å². The lowest BCUT2D eigenvalue weighted by Crippen LogP contribution is -2.54. The van der Waals surface area contributed by atoms with Crippen LogP contribution in [0.25, 0.3) is 10.9 Å². The quantitative estimate of drug-likeness (QED) is 0.346. The van der Waals surface area contributed by atoms with Crippen molar-refractivity contribution in [3.05, 3.63) is 48.7 Å². The van der Waals surface area contributed by atoms with Crippen molar-refractivity contribution >= 4 is 19.2 Å². The summed E-state index contributed by atoms with van der Waals surface area (Å²) in [5.74, 6) is 2.11. The fraction of sp³-hybridized carbons (Fsp3) is 0.607. The van der Waals surface area contributed by atoms with Crippen LogP contribution in [0.2, 0.25) is 16.6 Å². The van der Waals surface area contributed by atoms with Gasteiger partial charge in [0.1, 0.15) is 5.75 Å². The van der Waals surface area contributed by atoms with Crippen molar-refractivity contribution < 1.29 is 9.53 Å². The van der Waals surface area contributed by atoms with Crippen molar-refractivity contribution in [2.75, 3.05) is 13.1 Å². The van der Waals surface area contributed by atoms with Crippen molar-refractivity contribution in [1.29, 1.82) is 0 Å². The van der Waals surface area contributed by atoms with E-state index in [9.17, 15) is 5.11 Å². The van der Waals surface area contributed by atoms with Crippen LogP contribution in [0.3, 0.4) is 0 Å². The Bertz CT molecular complexity index is 967. The van der Waals surface area contributed by atoms with Crippen molar-refractivity contribution in [3.63, 3.8) is 0 Å². The van der Waals surface area contributed by atoms with Gasteiger partial charge in [0.05, 0.1) is 11.6 Å². The van der Waals surface area contributed by atoms with Crippen molar-refractivity contribution in [2.24, 2.45) is 11.8 Å². The van der Waals surface area contributed by atoms with E-state index in [1.54, 1.807) is 0 Å². The standard InChI is InChI=1S/C28H42N2O2Si/c1-8-21-17-30-14-12-22(21)15-27(30)28(31)24-11-13-29-26-10-9-23(16-25(24)26)32-33(18(2)3,19(4)5)20(6)7/h8-11,13,16,18-22,27-28,31H,1,12,14-15,17H2,2-7H3/t21-,22-,27+,28?/m0/s1. The molecule has 2 bridgehead atoms. The molecule has 0 aliphatic carbocycles. The first-order valence-electron chi connectivity index (χ1n) is 12.8. The summed E-state index contributed by atoms with van der Waals surface area (Å²) in [6.07, 6.45) is 5.66. The molecule has 2 aromatic rings. The molecule has 0 spiro atoms. The molecule has 3 saturated heterocycles. The minimum absolute atomic E-state index is 0.158. The van der Waals surface area contributed by atoms with Gasteiger partial charge in [0, 0.05) is 24.2 Å². The molecule has 3 fully saturated rings. The second-order valence-electron chi connectivity index (χ2n) is 11.2. The number of fused-ring (bicyclic) bond motifs is 4. The highest BCUT2D eigenvalue weighted by atomic mass is 28.4. The first-order valence-corrected chi connectivity index (χ1v) is 14.9. The third kappa shape index (κ3) is 4.28. The molecule has 0 amide bonds. The zero-order chi connectivity index (χ0) is 23.9. The van der Waals surface area contributed by atoms with E-state index in [1.807, 2.05) is 12.3 Å². The van der Waals surface area contributed by atoms with Crippen LogP contribution in [0.5, 0.6) is 5.75 Å². The van der Waals surface area contributed by atoms with E-state index < -0.39 is 14.4 Å². The van der Waals surface area contributed by atoms with Gasteiger partial charge in [-0.3, -0.25) is 9.88 Å². The number of aromatic nitrogens is 1. The Kier molecular flexibility index (Phi) is 7.04. The fourth-order valence-corrected chi connectivity index (χ4v) is 12.2. The molecule has 3 aliphatic heterocycles. The molecule has 1 unspecified atom stereocenters. The third-order valence-corrected chi connectivity index (χ3v) is 14.6. The van der Waals surface area contributed by atoms with Gasteiger partial charge >= 0.3 is 0 Å². The minimum atomic E-state index is -2.06. The Morgan fingerprint density at radius 2 is 1.82 bits per heavy atom. The van der Waals surface area contributed by atoms with Crippen LogP contribution in [0.4, 0.5) is 0 Å². The van der Waals surface area contributed by atoms with E-state index in [0.29, 0.717) is 28.5 Å². The van der Waals surface area contributed by atoms with Crippen molar-refractivity contribution in [3.8, 4) is 5.75 Å². The number of rotatable bonds is 8. The van der Waals surface area contributed by atoms with Gasteiger partial charge in [-0.25, -0.2) is 0 Å². The minimum Gasteiger partial charge on any atom is -0.543 e. The van der Waals surface area contributed by atoms with Gasteiger partial charge in [-0.1, -0.05) is 47.6 Å². The summed E-state index contributed by atoms with van der Waals surface area (Å²) in [4.78, 5) is 7.07. The molecule has 5 atom stereocenters. The summed E-state index contributed by atoms with van der Waals surface area (Å²) in [5, 5.41) is 12.6. The number of aliphatic hydroxyl groups excluding tert-OH is 1. The van der Waals surface area contributed by atoms with Crippen LogP contribution in [0.1, 0.15) is 66.1 Å². The molecule has 0 saturated carbocycles. The van der Waals surface area contributed by atoms with E-state index in [-0.39, 0.29) is 6.04 Å². The molecule has 180 valence electrons. The summed E-state index contributed by atoms with van der Waals surface area (Å²) < 4.78 is 6.96. The van der Waals surface area contributed by atoms with Gasteiger partial charge in [-0.15, -0.1) is 6.58 Å². The third-order valence-electron chi connectivity index (χ3n) is 8.59. The Labute approximate surface area is 201 Å². The predicted octanol–water partition coefficient (Wildman–Crippen LogP) is 6.72. The molecule has 4 heterocycles. The summed E-state index contributed by atoms with van der Waals surface area (Å²) in [6, 6.07) is 8.43. The Balaban J connectivity index is 1.69. The molecular formula is C28H42N2O2Si. The van der Waals surface area contributed by atoms with Crippen LogP contribution in [-0.4, -0.2) is 42.4 Å². The van der Waals surface area contributed by atoms with E-state index in [4.69, 9.17) is 4.43 Å². The number of hydrogen-bond donors (Lipinski definition) is 1. The average molecular weight is 467 g/mol. The maximum absolute atomic E-state index is 11.6. The molecular weight excluding hydrogens is 424 g/mol. The van der Waals surface area contributed by atoms with Crippen LogP contribution in [-0.2, 0) is 0 Å². The summed E-state index contributed by atoms with van der Waals surface area (Å²) in [7, 11) is -2.06. The highest BCUT2D eigenvalue weighted by Gasteiger charge is 2.47. The van der Waals surface area contributed by atoms with Gasteiger partial charge in [-0.2, -0.15) is 0 Å². The first kappa shape index (κ1) is 24.4. The van der Waals surface area contributed by atoms with E-state index >= 15 is 0 Å². The lowest BCUT2D eigenvalue weighted by molar-refractivity contribution is -0.0444. The largest absolute Gasteiger partial charge is 0.543 e. The van der Waals surface area contributed by atoms with Crippen LogP contribution in [0, 0.1) is 11.8 Å². The molecule has 0 radical (unpaired) electrons. The average Bonchev–Trinajstić information content (AvgIpc) is 2.81. The molecule has 4 nitrogen and oxygen atoms in total. The van der Waals surface area contributed by atoms with E-state index in [1.165, 1.54) is 6.42 Å². The number of piperidine rings is 3. The molecule has 5 rings (SSSR count). The lowest BCUT2D eigenvalue weighted by Gasteiger charge is -2.50. The molecule has 1 N–H and O–H groups in total. The second kappa shape index (κ2) is 9.51. The van der Waals surface area contributed by atoms with E-state index in [2.05, 4.69) is 82.3 Å². The summed E-state index contributed by atoms with van der Waals surface area (Å²) in [5.41, 5.74) is 3.43. The monoisotopic (exact) mass is 466 g/mol. The molecule has 1 aromatic carbocycles. The van der Waals surface area contributed by atoms with Gasteiger partial charge in [0.25, 0.3) is 8.32 Å². The zero-order valence-electron chi connectivity index (χ0n) is 21.3. The lowest BCUT2D eigenvalue weighted by atomic mass is 9.73. The number of hydrogen-bond acceptors (Lipinski definition) is 4. The zero-order valence-corrected chi connectivity index (χ0v) is 22.3. The Hall–Kier alpha value is -1.69. The topological polar surface area (TPSA) is 45.6 Å². The normalized spacial score (nSPS) is 26.4. The Morgan fingerprint density at radius 1 is 1.12 bits per heavy atom. The highest BCUT2D eigenvalue weighted by Crippen LogP contribution is 2.44. The smallest absolute Gasteiger partial charge is 0.258 e. The summed E-state index contributed by atoms with van der Waals surface area (Å²) >= 11 is 0. The Morgan fingerprint density at radius 3 is 2.39 bits per heavy atom. The second-order valence-corrected chi connectivity index (χ2v) is 16.6. The van der Waals surface area contributed by atoms with Gasteiger partial charge in [0.2, 0.25) is 0 Å². The number of aliphatic hydroxyl groups is 1. The molecule has 33 heavy (non-hydrogen) atoms. The van der Waals surface area contributed by atoms with Crippen molar-refractivity contribution in [2.45, 2.75) is 83.2 Å². The van der Waals surface area contributed by atoms with Crippen molar-refractivity contribution in [1.82, 2.24) is 9.88 Å². The fourth-order valence-electron chi connectivity index (χ4n) is 6.94.